The number of nitrogens with one attached hydrogen (secondary N) is 1. The molecule has 0 bridgehead atoms. The minimum Gasteiger partial charge on any atom is -0.493 e. The zero-order chi connectivity index (χ0) is 20.4. The van der Waals surface area contributed by atoms with Crippen molar-refractivity contribution in [1.82, 2.24) is 10.2 Å². The standard InChI is InChI=1S/C22H32N4O2.HI/c1-5-26(6-2)16-19-9-7-8-17(12-19)14-24-22(23)25-15-18-10-11-20(27-3)21(13-18)28-4;/h7-13H,5-6,14-16H2,1-4H3,(H3,23,24,25);1H. The number of hydrogen-bond donors (Lipinski definition) is 2. The molecule has 29 heavy (non-hydrogen) atoms. The van der Waals surface area contributed by atoms with Crippen LogP contribution in [0.1, 0.15) is 30.5 Å². The molecule has 6 nitrogen and oxygen atoms in total. The first-order chi connectivity index (χ1) is 13.6. The Kier molecular flexibility index (Phi) is 11.5. The van der Waals surface area contributed by atoms with E-state index in [-0.39, 0.29) is 24.0 Å². The second-order valence-corrected chi connectivity index (χ2v) is 6.53. The molecule has 2 rings (SSSR count). The van der Waals surface area contributed by atoms with E-state index in [0.717, 1.165) is 30.8 Å². The fraction of sp³-hybridized carbons (Fsp3) is 0.409. The van der Waals surface area contributed by atoms with E-state index in [1.807, 2.05) is 18.2 Å². The lowest BCUT2D eigenvalue weighted by Gasteiger charge is -2.18. The maximum absolute atomic E-state index is 6.03. The Bertz CT molecular complexity index is 779. The van der Waals surface area contributed by atoms with E-state index in [4.69, 9.17) is 15.2 Å². The summed E-state index contributed by atoms with van der Waals surface area (Å²) in [6, 6.07) is 14.3. The molecule has 0 aromatic heterocycles. The molecule has 7 heteroatoms. The van der Waals surface area contributed by atoms with Crippen LogP contribution in [0.15, 0.2) is 47.5 Å². The largest absolute Gasteiger partial charge is 0.493 e. The van der Waals surface area contributed by atoms with Gasteiger partial charge in [-0.25, -0.2) is 4.99 Å². The van der Waals surface area contributed by atoms with Crippen molar-refractivity contribution in [2.24, 2.45) is 10.7 Å². The van der Waals surface area contributed by atoms with Gasteiger partial charge < -0.3 is 20.5 Å². The third kappa shape index (κ3) is 8.10. The predicted molar refractivity (Wildman–Crippen MR) is 130 cm³/mol. The highest BCUT2D eigenvalue weighted by Gasteiger charge is 2.05. The zero-order valence-electron chi connectivity index (χ0n) is 17.8. The van der Waals surface area contributed by atoms with Crippen LogP contribution in [0, 0.1) is 0 Å². The van der Waals surface area contributed by atoms with Gasteiger partial charge in [-0.05, 0) is 41.9 Å². The average Bonchev–Trinajstić information content (AvgIpc) is 2.74. The minimum atomic E-state index is 0. The molecule has 160 valence electrons. The van der Waals surface area contributed by atoms with Gasteiger partial charge in [0.25, 0.3) is 0 Å². The number of nitrogens with two attached hydrogens (primary N) is 1. The molecule has 0 aliphatic rings. The van der Waals surface area contributed by atoms with Crippen LogP contribution in [0.3, 0.4) is 0 Å². The van der Waals surface area contributed by atoms with Crippen LogP contribution in [0.25, 0.3) is 0 Å². The number of guanidine groups is 1. The van der Waals surface area contributed by atoms with Crippen LogP contribution in [0.2, 0.25) is 0 Å². The summed E-state index contributed by atoms with van der Waals surface area (Å²) in [4.78, 5) is 6.85. The third-order valence-electron chi connectivity index (χ3n) is 4.65. The molecule has 0 aliphatic heterocycles. The van der Waals surface area contributed by atoms with Crippen molar-refractivity contribution < 1.29 is 9.47 Å². The second kappa shape index (κ2) is 13.3. The monoisotopic (exact) mass is 512 g/mol. The summed E-state index contributed by atoms with van der Waals surface area (Å²) >= 11 is 0. The fourth-order valence-corrected chi connectivity index (χ4v) is 2.95. The Hall–Kier alpha value is -2.00. The van der Waals surface area contributed by atoms with Crippen LogP contribution in [-0.4, -0.2) is 38.2 Å². The van der Waals surface area contributed by atoms with Gasteiger partial charge in [0.15, 0.2) is 17.5 Å². The highest BCUT2D eigenvalue weighted by atomic mass is 127. The van der Waals surface area contributed by atoms with Crippen molar-refractivity contribution in [1.29, 1.82) is 0 Å². The number of hydrogen-bond acceptors (Lipinski definition) is 4. The molecule has 2 aromatic carbocycles. The highest BCUT2D eigenvalue weighted by molar-refractivity contribution is 14.0. The van der Waals surface area contributed by atoms with Gasteiger partial charge in [0.1, 0.15) is 0 Å². The molecular formula is C22H33IN4O2. The summed E-state index contributed by atoms with van der Waals surface area (Å²) in [6.07, 6.45) is 0. The first kappa shape index (κ1) is 25.0. The van der Waals surface area contributed by atoms with Crippen molar-refractivity contribution in [2.45, 2.75) is 33.5 Å². The summed E-state index contributed by atoms with van der Waals surface area (Å²) in [6.45, 7) is 8.54. The van der Waals surface area contributed by atoms with Gasteiger partial charge >= 0.3 is 0 Å². The van der Waals surface area contributed by atoms with Gasteiger partial charge in [0.05, 0.1) is 20.8 Å². The summed E-state index contributed by atoms with van der Waals surface area (Å²) in [5.74, 6) is 1.82. The SMILES string of the molecule is CCN(CC)Cc1cccc(CN=C(N)NCc2ccc(OC)c(OC)c2)c1.I. The van der Waals surface area contributed by atoms with Crippen LogP contribution in [0.5, 0.6) is 11.5 Å². The highest BCUT2D eigenvalue weighted by Crippen LogP contribution is 2.27. The lowest BCUT2D eigenvalue weighted by atomic mass is 10.1. The van der Waals surface area contributed by atoms with Gasteiger partial charge in [-0.3, -0.25) is 4.90 Å². The molecule has 0 saturated heterocycles. The lowest BCUT2D eigenvalue weighted by Crippen LogP contribution is -2.31. The molecule has 0 heterocycles. The second-order valence-electron chi connectivity index (χ2n) is 6.53. The quantitative estimate of drug-likeness (QED) is 0.288. The van der Waals surface area contributed by atoms with E-state index in [0.29, 0.717) is 30.5 Å². The van der Waals surface area contributed by atoms with Crippen LogP contribution < -0.4 is 20.5 Å². The Labute approximate surface area is 191 Å². The Morgan fingerprint density at radius 3 is 2.31 bits per heavy atom. The summed E-state index contributed by atoms with van der Waals surface area (Å²) < 4.78 is 10.6. The molecule has 0 amide bonds. The first-order valence-electron chi connectivity index (χ1n) is 9.64. The van der Waals surface area contributed by atoms with Crippen molar-refractivity contribution in [3.63, 3.8) is 0 Å². The minimum absolute atomic E-state index is 0. The van der Waals surface area contributed by atoms with Crippen LogP contribution in [-0.2, 0) is 19.6 Å². The van der Waals surface area contributed by atoms with Crippen LogP contribution in [0.4, 0.5) is 0 Å². The van der Waals surface area contributed by atoms with Gasteiger partial charge in [0.2, 0.25) is 0 Å². The summed E-state index contributed by atoms with van der Waals surface area (Å²) in [7, 11) is 3.25. The molecule has 0 unspecified atom stereocenters. The Morgan fingerprint density at radius 2 is 1.66 bits per heavy atom. The third-order valence-corrected chi connectivity index (χ3v) is 4.65. The van der Waals surface area contributed by atoms with Crippen LogP contribution >= 0.6 is 24.0 Å². The molecule has 3 N–H and O–H groups in total. The van der Waals surface area contributed by atoms with Gasteiger partial charge in [-0.2, -0.15) is 0 Å². The Balaban J connectivity index is 0.00000420. The molecule has 0 saturated carbocycles. The fourth-order valence-electron chi connectivity index (χ4n) is 2.95. The van der Waals surface area contributed by atoms with E-state index in [9.17, 15) is 0 Å². The number of aliphatic imine (C=N–C) groups is 1. The number of halogens is 1. The average molecular weight is 512 g/mol. The van der Waals surface area contributed by atoms with Gasteiger partial charge in [-0.15, -0.1) is 24.0 Å². The Morgan fingerprint density at radius 1 is 0.966 bits per heavy atom. The summed E-state index contributed by atoms with van der Waals surface area (Å²) in [5.41, 5.74) is 9.52. The van der Waals surface area contributed by atoms with E-state index in [1.165, 1.54) is 5.56 Å². The maximum Gasteiger partial charge on any atom is 0.189 e. The number of rotatable bonds is 10. The van der Waals surface area contributed by atoms with Crippen molar-refractivity contribution in [3.8, 4) is 11.5 Å². The first-order valence-corrected chi connectivity index (χ1v) is 9.64. The molecule has 0 radical (unpaired) electrons. The summed E-state index contributed by atoms with van der Waals surface area (Å²) in [5, 5.41) is 3.15. The molecular weight excluding hydrogens is 479 g/mol. The topological polar surface area (TPSA) is 72.1 Å². The van der Waals surface area contributed by atoms with Crippen molar-refractivity contribution in [2.75, 3.05) is 27.3 Å². The molecule has 2 aromatic rings. The maximum atomic E-state index is 6.03. The normalized spacial score (nSPS) is 11.1. The lowest BCUT2D eigenvalue weighted by molar-refractivity contribution is 0.296. The number of nitrogens with zero attached hydrogens (tertiary/aromatic N) is 2. The number of ether oxygens (including phenoxy) is 2. The smallest absolute Gasteiger partial charge is 0.189 e. The number of methoxy groups -OCH3 is 2. The number of benzene rings is 2. The van der Waals surface area contributed by atoms with Gasteiger partial charge in [-0.1, -0.05) is 44.2 Å². The predicted octanol–water partition coefficient (Wildman–Crippen LogP) is 3.77. The molecule has 0 fully saturated rings. The molecule has 0 spiro atoms. The van der Waals surface area contributed by atoms with Crippen molar-refractivity contribution in [3.05, 3.63) is 59.2 Å². The van der Waals surface area contributed by atoms with E-state index >= 15 is 0 Å². The van der Waals surface area contributed by atoms with E-state index in [2.05, 4.69) is 53.3 Å². The molecule has 0 aliphatic carbocycles. The zero-order valence-corrected chi connectivity index (χ0v) is 20.1. The van der Waals surface area contributed by atoms with E-state index in [1.54, 1.807) is 14.2 Å². The molecule has 0 atom stereocenters. The van der Waals surface area contributed by atoms with Gasteiger partial charge in [0, 0.05) is 13.1 Å². The van der Waals surface area contributed by atoms with Crippen molar-refractivity contribution >= 4 is 29.9 Å². The van der Waals surface area contributed by atoms with E-state index < -0.39 is 0 Å².